The molecule has 1 saturated carbocycles. The Morgan fingerprint density at radius 2 is 1.72 bits per heavy atom. The summed E-state index contributed by atoms with van der Waals surface area (Å²) >= 11 is 0. The number of hydrogen-bond acceptors (Lipinski definition) is 4. The third-order valence-corrected chi connectivity index (χ3v) is 6.70. The van der Waals surface area contributed by atoms with Crippen LogP contribution in [0.15, 0.2) is 40.0 Å². The molecule has 1 fully saturated rings. The molecule has 43 heavy (non-hydrogen) atoms. The van der Waals surface area contributed by atoms with Crippen LogP contribution in [0.1, 0.15) is 82.9 Å². The number of hydrogen-bond donors (Lipinski definition) is 3. The molecular weight excluding hydrogens is 580 g/mol. The Hall–Kier alpha value is -3.58. The quantitative estimate of drug-likeness (QED) is 0.326. The summed E-state index contributed by atoms with van der Waals surface area (Å²) in [4.78, 5) is 33.8. The molecule has 0 bridgehead atoms. The lowest BCUT2D eigenvalue weighted by Crippen LogP contribution is -2.41. The predicted molar refractivity (Wildman–Crippen MR) is 150 cm³/mol. The first-order valence-electron chi connectivity index (χ1n) is 14.1. The van der Waals surface area contributed by atoms with Crippen molar-refractivity contribution in [1.29, 1.82) is 0 Å². The molecule has 3 N–H and O–H groups in total. The molecule has 0 unspecified atom stereocenters. The average Bonchev–Trinajstić information content (AvgIpc) is 3.04. The number of nitrogens with zero attached hydrogens (tertiary/aromatic N) is 2. The van der Waals surface area contributed by atoms with E-state index < -0.39 is 59.1 Å². The highest BCUT2D eigenvalue weighted by molar-refractivity contribution is 5.93. The number of halogens is 6. The van der Waals surface area contributed by atoms with Gasteiger partial charge in [-0.1, -0.05) is 13.0 Å². The highest BCUT2D eigenvalue weighted by Gasteiger charge is 2.37. The summed E-state index contributed by atoms with van der Waals surface area (Å²) in [5.41, 5.74) is -3.26. The molecule has 8 nitrogen and oxygen atoms in total. The Bertz CT molecular complexity index is 1240. The summed E-state index contributed by atoms with van der Waals surface area (Å²) in [6.07, 6.45) is -4.27. The van der Waals surface area contributed by atoms with E-state index in [0.29, 0.717) is 62.0 Å². The number of alkyl halides is 6. The van der Waals surface area contributed by atoms with Gasteiger partial charge in [0, 0.05) is 24.4 Å². The SMILES string of the molecule is CC/C=C1\C[C@H](NC(=O)Cc2cc(C(F)(F)F)ccc2C(F)(F)F)C=NC(=NC2CCC(NC(=O)OC(C)(C)C)CC2)N1. The summed E-state index contributed by atoms with van der Waals surface area (Å²) < 4.78 is 85.1. The zero-order chi connectivity index (χ0) is 32.0. The van der Waals surface area contributed by atoms with Gasteiger partial charge < -0.3 is 20.7 Å². The van der Waals surface area contributed by atoms with Crippen molar-refractivity contribution < 1.29 is 40.7 Å². The van der Waals surface area contributed by atoms with Crippen molar-refractivity contribution in [3.63, 3.8) is 0 Å². The number of rotatable bonds is 6. The fourth-order valence-corrected chi connectivity index (χ4v) is 4.83. The molecule has 1 aromatic rings. The molecule has 3 rings (SSSR count). The highest BCUT2D eigenvalue weighted by Crippen LogP contribution is 2.36. The van der Waals surface area contributed by atoms with Gasteiger partial charge in [0.1, 0.15) is 5.60 Å². The van der Waals surface area contributed by atoms with E-state index in [1.807, 2.05) is 13.0 Å². The van der Waals surface area contributed by atoms with E-state index in [9.17, 15) is 35.9 Å². The summed E-state index contributed by atoms with van der Waals surface area (Å²) in [6.45, 7) is 7.27. The minimum atomic E-state index is -4.93. The lowest BCUT2D eigenvalue weighted by molar-refractivity contribution is -0.142. The number of ether oxygens (including phenoxy) is 1. The van der Waals surface area contributed by atoms with Gasteiger partial charge in [-0.25, -0.2) is 14.8 Å². The van der Waals surface area contributed by atoms with Crippen LogP contribution in [0.3, 0.4) is 0 Å². The average molecular weight is 618 g/mol. The van der Waals surface area contributed by atoms with Crippen LogP contribution in [0.5, 0.6) is 0 Å². The third-order valence-electron chi connectivity index (χ3n) is 6.70. The summed E-state index contributed by atoms with van der Waals surface area (Å²) in [6, 6.07) is 0.193. The number of aliphatic imine (C=N–C) groups is 2. The minimum Gasteiger partial charge on any atom is -0.444 e. The van der Waals surface area contributed by atoms with Crippen molar-refractivity contribution in [2.24, 2.45) is 9.98 Å². The number of alkyl carbamates (subject to hydrolysis) is 1. The van der Waals surface area contributed by atoms with Crippen molar-refractivity contribution in [2.45, 2.75) is 109 Å². The highest BCUT2D eigenvalue weighted by atomic mass is 19.4. The number of benzene rings is 1. The second-order valence-corrected chi connectivity index (χ2v) is 11.6. The van der Waals surface area contributed by atoms with Gasteiger partial charge in [-0.2, -0.15) is 26.3 Å². The maximum atomic E-state index is 13.5. The first-order chi connectivity index (χ1) is 19.9. The lowest BCUT2D eigenvalue weighted by atomic mass is 9.92. The van der Waals surface area contributed by atoms with Crippen molar-refractivity contribution in [3.8, 4) is 0 Å². The van der Waals surface area contributed by atoms with Crippen LogP contribution in [0.2, 0.25) is 0 Å². The van der Waals surface area contributed by atoms with Crippen LogP contribution >= 0.6 is 0 Å². The monoisotopic (exact) mass is 617 g/mol. The summed E-state index contributed by atoms with van der Waals surface area (Å²) in [5.74, 6) is -0.578. The summed E-state index contributed by atoms with van der Waals surface area (Å²) in [7, 11) is 0. The van der Waals surface area contributed by atoms with Gasteiger partial charge in [0.2, 0.25) is 11.9 Å². The smallest absolute Gasteiger partial charge is 0.416 e. The Kier molecular flexibility index (Phi) is 10.9. The molecule has 1 aliphatic carbocycles. The van der Waals surface area contributed by atoms with E-state index in [0.717, 1.165) is 0 Å². The third kappa shape index (κ3) is 10.9. The van der Waals surface area contributed by atoms with Gasteiger partial charge in [0.25, 0.3) is 0 Å². The Morgan fingerprint density at radius 3 is 2.30 bits per heavy atom. The number of amides is 2. The molecule has 1 aromatic carbocycles. The molecule has 0 radical (unpaired) electrons. The van der Waals surface area contributed by atoms with Crippen molar-refractivity contribution >= 4 is 24.2 Å². The number of carbonyl (C=O) groups excluding carboxylic acids is 2. The molecule has 0 spiro atoms. The van der Waals surface area contributed by atoms with E-state index in [2.05, 4.69) is 20.9 Å². The number of nitrogens with one attached hydrogen (secondary N) is 3. The number of carbonyl (C=O) groups is 2. The predicted octanol–water partition coefficient (Wildman–Crippen LogP) is 6.30. The molecule has 0 saturated heterocycles. The molecule has 2 amide bonds. The first-order valence-corrected chi connectivity index (χ1v) is 14.1. The number of allylic oxidation sites excluding steroid dienone is 1. The number of guanidine groups is 1. The van der Waals surface area contributed by atoms with Crippen molar-refractivity contribution in [3.05, 3.63) is 46.7 Å². The van der Waals surface area contributed by atoms with Gasteiger partial charge in [-0.3, -0.25) is 4.79 Å². The van der Waals surface area contributed by atoms with E-state index in [-0.39, 0.29) is 18.5 Å². The van der Waals surface area contributed by atoms with Gasteiger partial charge in [0.15, 0.2) is 0 Å². The zero-order valence-corrected chi connectivity index (χ0v) is 24.5. The van der Waals surface area contributed by atoms with Crippen LogP contribution in [0.4, 0.5) is 31.1 Å². The molecule has 14 heteroatoms. The summed E-state index contributed by atoms with van der Waals surface area (Å²) in [5, 5.41) is 8.58. The van der Waals surface area contributed by atoms with Crippen LogP contribution < -0.4 is 16.0 Å². The topological polar surface area (TPSA) is 104 Å². The van der Waals surface area contributed by atoms with E-state index >= 15 is 0 Å². The second-order valence-electron chi connectivity index (χ2n) is 11.6. The minimum absolute atomic E-state index is 0.0401. The molecule has 238 valence electrons. The van der Waals surface area contributed by atoms with E-state index in [1.54, 1.807) is 20.8 Å². The normalized spacial score (nSPS) is 23.4. The lowest BCUT2D eigenvalue weighted by Gasteiger charge is -2.28. The molecular formula is C29H37F6N5O3. The first kappa shape index (κ1) is 33.9. The van der Waals surface area contributed by atoms with Gasteiger partial charge in [0.05, 0.1) is 29.6 Å². The molecule has 0 aromatic heterocycles. The molecule has 1 heterocycles. The molecule has 1 aliphatic heterocycles. The van der Waals surface area contributed by atoms with E-state index in [4.69, 9.17) is 9.73 Å². The van der Waals surface area contributed by atoms with Crippen LogP contribution in [-0.2, 0) is 28.3 Å². The maximum Gasteiger partial charge on any atom is 0.416 e. The Morgan fingerprint density at radius 1 is 1.05 bits per heavy atom. The zero-order valence-electron chi connectivity index (χ0n) is 24.5. The van der Waals surface area contributed by atoms with Crippen LogP contribution in [0, 0.1) is 0 Å². The van der Waals surface area contributed by atoms with Gasteiger partial charge >= 0.3 is 18.4 Å². The molecule has 2 aliphatic rings. The van der Waals surface area contributed by atoms with Gasteiger partial charge in [-0.15, -0.1) is 0 Å². The van der Waals surface area contributed by atoms with Crippen molar-refractivity contribution in [2.75, 3.05) is 0 Å². The van der Waals surface area contributed by atoms with Crippen molar-refractivity contribution in [1.82, 2.24) is 16.0 Å². The maximum absolute atomic E-state index is 13.5. The fraction of sp³-hybridized carbons (Fsp3) is 0.586. The largest absolute Gasteiger partial charge is 0.444 e. The van der Waals surface area contributed by atoms with Crippen LogP contribution in [0.25, 0.3) is 0 Å². The fourth-order valence-electron chi connectivity index (χ4n) is 4.83. The van der Waals surface area contributed by atoms with E-state index in [1.165, 1.54) is 6.21 Å². The Labute approximate surface area is 246 Å². The van der Waals surface area contributed by atoms with Crippen LogP contribution in [-0.4, -0.2) is 47.9 Å². The molecule has 1 atom stereocenters. The standard InChI is InChI=1S/C29H37F6N5O3/c1-5-6-21-15-22(37-24(41)14-17-13-18(28(30,31)32)7-12-23(17)29(33,34)35)16-36-25(39-21)38-19-8-10-20(11-9-19)40-26(42)43-27(2,3)4/h6-7,12-13,16,19-20,22H,5,8-11,14-15H2,1-4H3,(H,37,41)(H,38,39)(H,40,42)/b21-6+/t19?,20?,22-/m0/s1. The second kappa shape index (κ2) is 13.8. The Balaban J connectivity index is 1.67. The van der Waals surface area contributed by atoms with Gasteiger partial charge in [-0.05, 0) is 76.6 Å².